The van der Waals surface area contributed by atoms with Gasteiger partial charge in [0.2, 0.25) is 11.8 Å². The second kappa shape index (κ2) is 5.20. The second-order valence-electron chi connectivity index (χ2n) is 5.56. The second-order valence-corrected chi connectivity index (χ2v) is 5.56. The lowest BCUT2D eigenvalue weighted by atomic mass is 9.94. The maximum absolute atomic E-state index is 11.1. The Hall–Kier alpha value is -1.96. The van der Waals surface area contributed by atoms with Crippen LogP contribution in [0.15, 0.2) is 0 Å². The first-order chi connectivity index (χ1) is 9.28. The van der Waals surface area contributed by atoms with Crippen LogP contribution in [-0.4, -0.2) is 33.1 Å². The number of nitrogens with zero attached hydrogens (tertiary/aromatic N) is 3. The molecule has 8 heteroatoms. The minimum atomic E-state index is -0.485. The zero-order chi connectivity index (χ0) is 14.9. The fourth-order valence-corrected chi connectivity index (χ4v) is 2.46. The smallest absolute Gasteiger partial charge is 0.332 e. The molecular formula is C12H19N5O3. The Balaban J connectivity index is 2.26. The van der Waals surface area contributed by atoms with Gasteiger partial charge in [-0.1, -0.05) is 0 Å². The molecule has 0 aliphatic carbocycles. The summed E-state index contributed by atoms with van der Waals surface area (Å²) in [6.45, 7) is 6.15. The SMILES string of the molecule is Cc1nc(N)nc(NC2CCOC(C)(C)C2)c1[N+](=O)[O-]. The molecule has 0 aromatic carbocycles. The summed E-state index contributed by atoms with van der Waals surface area (Å²) in [7, 11) is 0. The van der Waals surface area contributed by atoms with Crippen LogP contribution in [0.1, 0.15) is 32.4 Å². The summed E-state index contributed by atoms with van der Waals surface area (Å²) < 4.78 is 5.63. The molecule has 0 bridgehead atoms. The first-order valence-corrected chi connectivity index (χ1v) is 6.47. The number of nitro groups is 1. The van der Waals surface area contributed by atoms with Gasteiger partial charge in [0.15, 0.2) is 0 Å². The van der Waals surface area contributed by atoms with Gasteiger partial charge >= 0.3 is 5.69 Å². The van der Waals surface area contributed by atoms with Gasteiger partial charge in [0, 0.05) is 12.6 Å². The van der Waals surface area contributed by atoms with E-state index < -0.39 is 4.92 Å². The molecular weight excluding hydrogens is 262 g/mol. The third-order valence-electron chi connectivity index (χ3n) is 3.30. The van der Waals surface area contributed by atoms with Gasteiger partial charge in [-0.3, -0.25) is 10.1 Å². The fraction of sp³-hybridized carbons (Fsp3) is 0.667. The topological polar surface area (TPSA) is 116 Å². The van der Waals surface area contributed by atoms with Crippen LogP contribution in [0.4, 0.5) is 17.5 Å². The molecule has 0 saturated carbocycles. The summed E-state index contributed by atoms with van der Waals surface area (Å²) in [4.78, 5) is 18.5. The molecule has 2 heterocycles. The molecule has 1 aliphatic heterocycles. The van der Waals surface area contributed by atoms with E-state index in [-0.39, 0.29) is 34.8 Å². The van der Waals surface area contributed by atoms with E-state index in [0.29, 0.717) is 6.61 Å². The Bertz CT molecular complexity index is 532. The number of anilines is 2. The largest absolute Gasteiger partial charge is 0.375 e. The molecule has 0 spiro atoms. The molecule has 110 valence electrons. The van der Waals surface area contributed by atoms with E-state index in [9.17, 15) is 10.1 Å². The normalized spacial score (nSPS) is 21.4. The average Bonchev–Trinajstić information content (AvgIpc) is 2.25. The van der Waals surface area contributed by atoms with Gasteiger partial charge in [0.1, 0.15) is 5.69 Å². The molecule has 1 aliphatic rings. The zero-order valence-electron chi connectivity index (χ0n) is 11.8. The molecule has 1 atom stereocenters. The zero-order valence-corrected chi connectivity index (χ0v) is 11.8. The van der Waals surface area contributed by atoms with Crippen molar-refractivity contribution in [2.45, 2.75) is 45.3 Å². The number of aryl methyl sites for hydroxylation is 1. The Labute approximate surface area is 116 Å². The average molecular weight is 281 g/mol. The van der Waals surface area contributed by atoms with Crippen LogP contribution in [0, 0.1) is 17.0 Å². The number of nitrogens with one attached hydrogen (secondary N) is 1. The van der Waals surface area contributed by atoms with Crippen molar-refractivity contribution in [1.29, 1.82) is 0 Å². The van der Waals surface area contributed by atoms with Crippen LogP contribution >= 0.6 is 0 Å². The van der Waals surface area contributed by atoms with Gasteiger partial charge in [-0.2, -0.15) is 4.98 Å². The first-order valence-electron chi connectivity index (χ1n) is 6.47. The highest BCUT2D eigenvalue weighted by atomic mass is 16.6. The van der Waals surface area contributed by atoms with E-state index in [0.717, 1.165) is 12.8 Å². The first kappa shape index (κ1) is 14.4. The van der Waals surface area contributed by atoms with E-state index in [1.165, 1.54) is 0 Å². The van der Waals surface area contributed by atoms with Crippen LogP contribution < -0.4 is 11.1 Å². The molecule has 2 rings (SSSR count). The lowest BCUT2D eigenvalue weighted by Crippen LogP contribution is -2.40. The predicted octanol–water partition coefficient (Wildman–Crippen LogP) is 1.64. The van der Waals surface area contributed by atoms with Crippen LogP contribution in [0.3, 0.4) is 0 Å². The molecule has 8 nitrogen and oxygen atoms in total. The molecule has 20 heavy (non-hydrogen) atoms. The predicted molar refractivity (Wildman–Crippen MR) is 74.5 cm³/mol. The van der Waals surface area contributed by atoms with Gasteiger partial charge in [-0.25, -0.2) is 4.98 Å². The van der Waals surface area contributed by atoms with Crippen molar-refractivity contribution in [3.8, 4) is 0 Å². The van der Waals surface area contributed by atoms with Crippen molar-refractivity contribution < 1.29 is 9.66 Å². The quantitative estimate of drug-likeness (QED) is 0.639. The van der Waals surface area contributed by atoms with Crippen molar-refractivity contribution in [2.24, 2.45) is 0 Å². The number of ether oxygens (including phenoxy) is 1. The highest BCUT2D eigenvalue weighted by Crippen LogP contribution is 2.30. The maximum Gasteiger partial charge on any atom is 0.332 e. The third-order valence-corrected chi connectivity index (χ3v) is 3.30. The summed E-state index contributed by atoms with van der Waals surface area (Å²) in [5.74, 6) is 0.213. The Kier molecular flexibility index (Phi) is 3.76. The highest BCUT2D eigenvalue weighted by Gasteiger charge is 2.31. The summed E-state index contributed by atoms with van der Waals surface area (Å²) in [5, 5.41) is 14.3. The number of nitrogens with two attached hydrogens (primary N) is 1. The fourth-order valence-electron chi connectivity index (χ4n) is 2.46. The van der Waals surface area contributed by atoms with Crippen LogP contribution in [-0.2, 0) is 4.74 Å². The molecule has 3 N–H and O–H groups in total. The number of rotatable bonds is 3. The van der Waals surface area contributed by atoms with Crippen molar-refractivity contribution in [1.82, 2.24) is 9.97 Å². The molecule has 1 unspecified atom stereocenters. The molecule has 1 fully saturated rings. The summed E-state index contributed by atoms with van der Waals surface area (Å²) >= 11 is 0. The molecule has 1 aromatic rings. The standard InChI is InChI=1S/C12H19N5O3/c1-7-9(17(18)19)10(16-11(13)14-7)15-8-4-5-20-12(2,3)6-8/h8H,4-6H2,1-3H3,(H3,13,14,15,16). The van der Waals surface area contributed by atoms with Gasteiger partial charge in [-0.05, 0) is 33.6 Å². The minimum Gasteiger partial charge on any atom is -0.375 e. The van der Waals surface area contributed by atoms with Gasteiger partial charge in [-0.15, -0.1) is 0 Å². The molecule has 0 radical (unpaired) electrons. The van der Waals surface area contributed by atoms with E-state index >= 15 is 0 Å². The third kappa shape index (κ3) is 3.13. The van der Waals surface area contributed by atoms with Crippen molar-refractivity contribution in [2.75, 3.05) is 17.7 Å². The van der Waals surface area contributed by atoms with E-state index in [1.807, 2.05) is 13.8 Å². The van der Waals surface area contributed by atoms with Crippen LogP contribution in [0.2, 0.25) is 0 Å². The van der Waals surface area contributed by atoms with Crippen molar-refractivity contribution in [3.05, 3.63) is 15.8 Å². The summed E-state index contributed by atoms with van der Waals surface area (Å²) in [5.41, 5.74) is 5.46. The number of aromatic nitrogens is 2. The number of hydrogen-bond acceptors (Lipinski definition) is 7. The van der Waals surface area contributed by atoms with E-state index in [2.05, 4.69) is 15.3 Å². The van der Waals surface area contributed by atoms with Gasteiger partial charge in [0.05, 0.1) is 10.5 Å². The van der Waals surface area contributed by atoms with Crippen molar-refractivity contribution >= 4 is 17.5 Å². The minimum absolute atomic E-state index is 0.0296. The monoisotopic (exact) mass is 281 g/mol. The lowest BCUT2D eigenvalue weighted by molar-refractivity contribution is -0.385. The number of hydrogen-bond donors (Lipinski definition) is 2. The number of nitrogen functional groups attached to an aromatic ring is 1. The molecule has 0 amide bonds. The van der Waals surface area contributed by atoms with E-state index in [1.54, 1.807) is 6.92 Å². The maximum atomic E-state index is 11.1. The van der Waals surface area contributed by atoms with Gasteiger partial charge < -0.3 is 15.8 Å². The van der Waals surface area contributed by atoms with Gasteiger partial charge in [0.25, 0.3) is 0 Å². The lowest BCUT2D eigenvalue weighted by Gasteiger charge is -2.35. The summed E-state index contributed by atoms with van der Waals surface area (Å²) in [6.07, 6.45) is 1.51. The highest BCUT2D eigenvalue weighted by molar-refractivity contribution is 5.60. The molecule has 1 aromatic heterocycles. The Morgan fingerprint density at radius 2 is 2.20 bits per heavy atom. The van der Waals surface area contributed by atoms with Crippen LogP contribution in [0.5, 0.6) is 0 Å². The van der Waals surface area contributed by atoms with E-state index in [4.69, 9.17) is 10.5 Å². The summed E-state index contributed by atoms with van der Waals surface area (Å²) in [6, 6.07) is 0.0613. The molecule has 1 saturated heterocycles. The van der Waals surface area contributed by atoms with Crippen LogP contribution in [0.25, 0.3) is 0 Å². The Morgan fingerprint density at radius 1 is 1.50 bits per heavy atom. The van der Waals surface area contributed by atoms with Crippen molar-refractivity contribution in [3.63, 3.8) is 0 Å². The Morgan fingerprint density at radius 3 is 2.80 bits per heavy atom.